The van der Waals surface area contributed by atoms with E-state index in [2.05, 4.69) is 15.6 Å². The summed E-state index contributed by atoms with van der Waals surface area (Å²) in [6.45, 7) is 0.350. The highest BCUT2D eigenvalue weighted by Crippen LogP contribution is 2.71. The number of benzene rings is 2. The van der Waals surface area contributed by atoms with Crippen molar-refractivity contribution in [1.29, 1.82) is 0 Å². The van der Waals surface area contributed by atoms with E-state index in [4.69, 9.17) is 0 Å². The molecular weight excluding hydrogens is 474 g/mol. The van der Waals surface area contributed by atoms with Gasteiger partial charge < -0.3 is 15.7 Å². The molecule has 2 bridgehead atoms. The number of para-hydroxylation sites is 1. The number of pyridine rings is 1. The summed E-state index contributed by atoms with van der Waals surface area (Å²) in [4.78, 5) is 16.8. The standard InChI is InChI=1S/C27H25F4N3O2/c28-20-7-5-17(6-8-20)11-19(13-33-24(36)21-3-1-2-4-22(21)35)25-14-26(15-25,16-25)34-23-12-18(9-10-32-23)27(29,30)31/h1-10,12,19,35H,11,13-16H2,(H,32,34)(H,33,36). The third-order valence-electron chi connectivity index (χ3n) is 7.47. The number of alkyl halides is 3. The largest absolute Gasteiger partial charge is 0.507 e. The number of aromatic hydroxyl groups is 1. The van der Waals surface area contributed by atoms with Crippen LogP contribution in [0.5, 0.6) is 5.75 Å². The van der Waals surface area contributed by atoms with Crippen molar-refractivity contribution in [2.24, 2.45) is 11.3 Å². The first-order chi connectivity index (χ1) is 17.1. The van der Waals surface area contributed by atoms with Crippen molar-refractivity contribution in [3.8, 4) is 5.75 Å². The zero-order chi connectivity index (χ0) is 25.6. The van der Waals surface area contributed by atoms with Gasteiger partial charge in [-0.25, -0.2) is 9.37 Å². The van der Waals surface area contributed by atoms with Crippen LogP contribution in [0.15, 0.2) is 66.9 Å². The summed E-state index contributed by atoms with van der Waals surface area (Å²) in [5.74, 6) is -0.598. The number of rotatable bonds is 8. The molecule has 1 heterocycles. The maximum absolute atomic E-state index is 13.4. The van der Waals surface area contributed by atoms with Gasteiger partial charge >= 0.3 is 6.18 Å². The zero-order valence-corrected chi connectivity index (χ0v) is 19.3. The fourth-order valence-electron chi connectivity index (χ4n) is 5.77. The SMILES string of the molecule is O=C(NCC(Cc1ccc(F)cc1)C12CC(Nc3cc(C(F)(F)F)ccn3)(C1)C2)c1ccccc1O. The highest BCUT2D eigenvalue weighted by molar-refractivity contribution is 5.96. The van der Waals surface area contributed by atoms with E-state index < -0.39 is 11.7 Å². The number of carbonyl (C=O) groups excluding carboxylic acids is 1. The first-order valence-corrected chi connectivity index (χ1v) is 11.7. The van der Waals surface area contributed by atoms with Crippen molar-refractivity contribution < 1.29 is 27.5 Å². The highest BCUT2D eigenvalue weighted by Gasteiger charge is 2.70. The first kappa shape index (κ1) is 24.1. The Morgan fingerprint density at radius 2 is 1.75 bits per heavy atom. The van der Waals surface area contributed by atoms with Gasteiger partial charge in [0.1, 0.15) is 17.4 Å². The smallest absolute Gasteiger partial charge is 0.416 e. The van der Waals surface area contributed by atoms with Crippen LogP contribution in [0.2, 0.25) is 0 Å². The Hall–Kier alpha value is -3.62. The fraction of sp³-hybridized carbons (Fsp3) is 0.333. The predicted octanol–water partition coefficient (Wildman–Crippen LogP) is 5.57. The van der Waals surface area contributed by atoms with Crippen LogP contribution in [0, 0.1) is 17.2 Å². The quantitative estimate of drug-likeness (QED) is 0.355. The second-order valence-corrected chi connectivity index (χ2v) is 9.98. The molecule has 1 atom stereocenters. The Bertz CT molecular complexity index is 1260. The van der Waals surface area contributed by atoms with E-state index in [0.717, 1.165) is 43.2 Å². The van der Waals surface area contributed by atoms with E-state index in [1.807, 2.05) is 0 Å². The minimum Gasteiger partial charge on any atom is -0.507 e. The molecule has 0 spiro atoms. The number of carbonyl (C=O) groups is 1. The lowest BCUT2D eigenvalue weighted by atomic mass is 9.35. The van der Waals surface area contributed by atoms with Crippen molar-refractivity contribution in [2.75, 3.05) is 11.9 Å². The molecule has 36 heavy (non-hydrogen) atoms. The molecule has 9 heteroatoms. The number of phenolic OH excluding ortho intramolecular Hbond substituents is 1. The van der Waals surface area contributed by atoms with Gasteiger partial charge in [-0.1, -0.05) is 24.3 Å². The summed E-state index contributed by atoms with van der Waals surface area (Å²) >= 11 is 0. The third-order valence-corrected chi connectivity index (χ3v) is 7.47. The number of halogens is 4. The van der Waals surface area contributed by atoms with Crippen LogP contribution in [0.1, 0.15) is 40.7 Å². The topological polar surface area (TPSA) is 74.2 Å². The third kappa shape index (κ3) is 4.62. The first-order valence-electron chi connectivity index (χ1n) is 11.7. The minimum absolute atomic E-state index is 0.0240. The Balaban J connectivity index is 1.28. The monoisotopic (exact) mass is 499 g/mol. The summed E-state index contributed by atoms with van der Waals surface area (Å²) in [6, 6.07) is 14.5. The van der Waals surface area contributed by atoms with Crippen molar-refractivity contribution >= 4 is 11.7 Å². The summed E-state index contributed by atoms with van der Waals surface area (Å²) in [6.07, 6.45) is -0.480. The second-order valence-electron chi connectivity index (χ2n) is 9.98. The van der Waals surface area contributed by atoms with Crippen LogP contribution in [-0.2, 0) is 12.6 Å². The Morgan fingerprint density at radius 3 is 2.42 bits per heavy atom. The molecule has 0 saturated heterocycles. The maximum atomic E-state index is 13.4. The van der Waals surface area contributed by atoms with Crippen molar-refractivity contribution in [3.63, 3.8) is 0 Å². The molecule has 1 amide bonds. The van der Waals surface area contributed by atoms with Crippen LogP contribution >= 0.6 is 0 Å². The van der Waals surface area contributed by atoms with Crippen LogP contribution < -0.4 is 10.6 Å². The van der Waals surface area contributed by atoms with Gasteiger partial charge in [-0.3, -0.25) is 4.79 Å². The molecule has 3 fully saturated rings. The fourth-order valence-corrected chi connectivity index (χ4v) is 5.77. The van der Waals surface area contributed by atoms with Crippen LogP contribution in [0.4, 0.5) is 23.4 Å². The van der Waals surface area contributed by atoms with Crippen LogP contribution in [0.3, 0.4) is 0 Å². The van der Waals surface area contributed by atoms with Gasteiger partial charge in [-0.2, -0.15) is 13.2 Å². The van der Waals surface area contributed by atoms with E-state index in [-0.39, 0.29) is 45.7 Å². The molecule has 2 aromatic carbocycles. The molecule has 3 N–H and O–H groups in total. The Morgan fingerprint density at radius 1 is 1.06 bits per heavy atom. The number of nitrogens with zero attached hydrogens (tertiary/aromatic N) is 1. The summed E-state index contributed by atoms with van der Waals surface area (Å²) < 4.78 is 52.6. The number of anilines is 1. The lowest BCUT2D eigenvalue weighted by Crippen LogP contribution is -2.74. The number of nitrogens with one attached hydrogen (secondary N) is 2. The number of aromatic nitrogens is 1. The van der Waals surface area contributed by atoms with E-state index >= 15 is 0 Å². The van der Waals surface area contributed by atoms with Gasteiger partial charge in [0.05, 0.1) is 11.1 Å². The van der Waals surface area contributed by atoms with Crippen molar-refractivity contribution in [1.82, 2.24) is 10.3 Å². The molecule has 0 aliphatic heterocycles. The van der Waals surface area contributed by atoms with Crippen LogP contribution in [-0.4, -0.2) is 28.1 Å². The maximum Gasteiger partial charge on any atom is 0.416 e. The summed E-state index contributed by atoms with van der Waals surface area (Å²) in [5, 5.41) is 16.1. The van der Waals surface area contributed by atoms with Gasteiger partial charge in [0.2, 0.25) is 0 Å². The number of phenols is 1. The van der Waals surface area contributed by atoms with Gasteiger partial charge in [0.25, 0.3) is 5.91 Å². The van der Waals surface area contributed by atoms with Gasteiger partial charge in [-0.15, -0.1) is 0 Å². The second kappa shape index (κ2) is 8.80. The summed E-state index contributed by atoms with van der Waals surface area (Å²) in [7, 11) is 0. The van der Waals surface area contributed by atoms with E-state index in [0.29, 0.717) is 13.0 Å². The molecule has 188 valence electrons. The molecule has 5 nitrogen and oxygen atoms in total. The van der Waals surface area contributed by atoms with Gasteiger partial charge in [0, 0.05) is 18.3 Å². The van der Waals surface area contributed by atoms with Gasteiger partial charge in [-0.05, 0) is 79.0 Å². The molecule has 3 aliphatic rings. The molecule has 3 aliphatic carbocycles. The highest BCUT2D eigenvalue weighted by atomic mass is 19.4. The van der Waals surface area contributed by atoms with E-state index in [1.165, 1.54) is 18.2 Å². The average molecular weight is 500 g/mol. The molecule has 3 aromatic rings. The molecule has 1 aromatic heterocycles. The molecule has 3 saturated carbocycles. The van der Waals surface area contributed by atoms with Crippen LogP contribution in [0.25, 0.3) is 0 Å². The van der Waals surface area contributed by atoms with Crippen molar-refractivity contribution in [3.05, 3.63) is 89.4 Å². The zero-order valence-electron chi connectivity index (χ0n) is 19.3. The van der Waals surface area contributed by atoms with E-state index in [9.17, 15) is 27.5 Å². The molecule has 6 rings (SSSR count). The molecular formula is C27H25F4N3O2. The predicted molar refractivity (Wildman–Crippen MR) is 126 cm³/mol. The number of amides is 1. The van der Waals surface area contributed by atoms with Gasteiger partial charge in [0.15, 0.2) is 0 Å². The Kier molecular flexibility index (Phi) is 5.89. The van der Waals surface area contributed by atoms with E-state index in [1.54, 1.807) is 30.3 Å². The molecule has 1 unspecified atom stereocenters. The lowest BCUT2D eigenvalue weighted by molar-refractivity contribution is -0.158. The number of hydrogen-bond donors (Lipinski definition) is 3. The average Bonchev–Trinajstić information content (AvgIpc) is 2.79. The normalized spacial score (nSPS) is 23.2. The lowest BCUT2D eigenvalue weighted by Gasteiger charge is -2.73. The molecule has 0 radical (unpaired) electrons. The summed E-state index contributed by atoms with van der Waals surface area (Å²) in [5.41, 5.74) is -0.0501. The Labute approximate surface area is 205 Å². The van der Waals surface area contributed by atoms with Crippen molar-refractivity contribution in [2.45, 2.75) is 37.4 Å². The minimum atomic E-state index is -4.44. The number of hydrogen-bond acceptors (Lipinski definition) is 4.